The molecule has 0 aliphatic carbocycles. The summed E-state index contributed by atoms with van der Waals surface area (Å²) < 4.78 is 43.5. The van der Waals surface area contributed by atoms with Crippen molar-refractivity contribution in [3.05, 3.63) is 84.5 Å². The standard InChI is InChI=1S/C22H20N2O5S/c1-16-19(23-22(29-16)17-8-4-3-5-9-17)15-28-20-11-10-18(14-21(20)27-2)30(25,26)24-12-6-7-13-24/h3-14H,15H2,1-2H3. The monoisotopic (exact) mass is 424 g/mol. The summed E-state index contributed by atoms with van der Waals surface area (Å²) in [4.78, 5) is 4.61. The number of aromatic nitrogens is 2. The van der Waals surface area contributed by atoms with Gasteiger partial charge in [0.15, 0.2) is 11.5 Å². The molecular formula is C22H20N2O5S. The molecule has 0 amide bonds. The van der Waals surface area contributed by atoms with Gasteiger partial charge in [-0.25, -0.2) is 17.4 Å². The Hall–Kier alpha value is -3.52. The van der Waals surface area contributed by atoms with E-state index in [9.17, 15) is 8.42 Å². The van der Waals surface area contributed by atoms with Gasteiger partial charge in [0.05, 0.1) is 12.0 Å². The van der Waals surface area contributed by atoms with Crippen LogP contribution in [0, 0.1) is 6.92 Å². The zero-order valence-electron chi connectivity index (χ0n) is 16.5. The summed E-state index contributed by atoms with van der Waals surface area (Å²) in [6.07, 6.45) is 2.95. The van der Waals surface area contributed by atoms with Crippen molar-refractivity contribution < 1.29 is 22.3 Å². The highest BCUT2D eigenvalue weighted by molar-refractivity contribution is 7.90. The zero-order valence-corrected chi connectivity index (χ0v) is 17.3. The molecule has 8 heteroatoms. The summed E-state index contributed by atoms with van der Waals surface area (Å²) in [5.74, 6) is 1.90. The van der Waals surface area contributed by atoms with Gasteiger partial charge >= 0.3 is 0 Å². The van der Waals surface area contributed by atoms with Crippen LogP contribution in [0.3, 0.4) is 0 Å². The summed E-state index contributed by atoms with van der Waals surface area (Å²) in [6, 6.07) is 17.4. The molecule has 4 rings (SSSR count). The first-order valence-electron chi connectivity index (χ1n) is 9.20. The highest BCUT2D eigenvalue weighted by Crippen LogP contribution is 2.32. The van der Waals surface area contributed by atoms with Crippen molar-refractivity contribution in [3.63, 3.8) is 0 Å². The predicted molar refractivity (Wildman–Crippen MR) is 111 cm³/mol. The molecule has 0 saturated carbocycles. The average molecular weight is 424 g/mol. The molecule has 0 aliphatic heterocycles. The molecule has 30 heavy (non-hydrogen) atoms. The molecule has 2 heterocycles. The van der Waals surface area contributed by atoms with Crippen molar-refractivity contribution in [1.29, 1.82) is 0 Å². The minimum absolute atomic E-state index is 0.104. The van der Waals surface area contributed by atoms with Crippen LogP contribution >= 0.6 is 0 Å². The first kappa shape index (κ1) is 19.8. The van der Waals surface area contributed by atoms with E-state index >= 15 is 0 Å². The number of methoxy groups -OCH3 is 1. The summed E-state index contributed by atoms with van der Waals surface area (Å²) in [5.41, 5.74) is 1.53. The Labute approximate surface area is 174 Å². The van der Waals surface area contributed by atoms with Crippen molar-refractivity contribution in [3.8, 4) is 23.0 Å². The Balaban J connectivity index is 1.55. The van der Waals surface area contributed by atoms with Gasteiger partial charge in [-0.2, -0.15) is 0 Å². The van der Waals surface area contributed by atoms with Gasteiger partial charge in [-0.1, -0.05) is 18.2 Å². The van der Waals surface area contributed by atoms with Crippen LogP contribution in [0.2, 0.25) is 0 Å². The number of hydrogen-bond donors (Lipinski definition) is 0. The molecule has 0 radical (unpaired) electrons. The number of oxazole rings is 1. The Kier molecular flexibility index (Phi) is 5.33. The number of rotatable bonds is 7. The molecule has 7 nitrogen and oxygen atoms in total. The molecule has 0 N–H and O–H groups in total. The van der Waals surface area contributed by atoms with Crippen molar-refractivity contribution in [2.45, 2.75) is 18.4 Å². The lowest BCUT2D eigenvalue weighted by Gasteiger charge is -2.12. The highest BCUT2D eigenvalue weighted by Gasteiger charge is 2.19. The first-order chi connectivity index (χ1) is 14.5. The maximum Gasteiger partial charge on any atom is 0.267 e. The topological polar surface area (TPSA) is 83.6 Å². The Bertz CT molecular complexity index is 1250. The van der Waals surface area contributed by atoms with Crippen LogP contribution in [0.5, 0.6) is 11.5 Å². The van der Waals surface area contributed by atoms with E-state index in [4.69, 9.17) is 13.9 Å². The molecule has 0 aliphatic rings. The van der Waals surface area contributed by atoms with E-state index in [1.54, 1.807) is 18.2 Å². The summed E-state index contributed by atoms with van der Waals surface area (Å²) in [6.45, 7) is 1.98. The minimum Gasteiger partial charge on any atom is -0.493 e. The smallest absolute Gasteiger partial charge is 0.267 e. The highest BCUT2D eigenvalue weighted by atomic mass is 32.2. The number of benzene rings is 2. The Morgan fingerprint density at radius 3 is 2.43 bits per heavy atom. The number of ether oxygens (including phenoxy) is 2. The molecule has 0 spiro atoms. The SMILES string of the molecule is COc1cc(S(=O)(=O)n2cccc2)ccc1OCc1nc(-c2ccccc2)oc1C. The minimum atomic E-state index is -3.69. The van der Waals surface area contributed by atoms with Crippen molar-refractivity contribution in [2.75, 3.05) is 7.11 Å². The molecule has 2 aromatic carbocycles. The van der Waals surface area contributed by atoms with Crippen molar-refractivity contribution in [1.82, 2.24) is 8.96 Å². The third-order valence-electron chi connectivity index (χ3n) is 4.57. The molecular weight excluding hydrogens is 404 g/mol. The van der Waals surface area contributed by atoms with Crippen LogP contribution in [0.1, 0.15) is 11.5 Å². The van der Waals surface area contributed by atoms with E-state index in [0.717, 1.165) is 9.54 Å². The maximum absolute atomic E-state index is 12.7. The lowest BCUT2D eigenvalue weighted by atomic mass is 10.2. The van der Waals surface area contributed by atoms with Gasteiger partial charge < -0.3 is 13.9 Å². The largest absolute Gasteiger partial charge is 0.493 e. The van der Waals surface area contributed by atoms with E-state index in [2.05, 4.69) is 4.98 Å². The lowest BCUT2D eigenvalue weighted by Crippen LogP contribution is -2.11. The maximum atomic E-state index is 12.7. The second-order valence-corrected chi connectivity index (χ2v) is 8.35. The summed E-state index contributed by atoms with van der Waals surface area (Å²) in [5, 5.41) is 0. The van der Waals surface area contributed by atoms with Crippen LogP contribution in [-0.4, -0.2) is 24.5 Å². The number of aryl methyl sites for hydroxylation is 1. The number of nitrogens with zero attached hydrogens (tertiary/aromatic N) is 2. The van der Waals surface area contributed by atoms with Crippen LogP contribution in [-0.2, 0) is 16.6 Å². The van der Waals surface area contributed by atoms with E-state index in [1.165, 1.54) is 31.6 Å². The normalized spacial score (nSPS) is 11.4. The molecule has 0 unspecified atom stereocenters. The zero-order chi connectivity index (χ0) is 21.1. The Morgan fingerprint density at radius 2 is 1.73 bits per heavy atom. The van der Waals surface area contributed by atoms with E-state index in [1.807, 2.05) is 37.3 Å². The van der Waals surface area contributed by atoms with Gasteiger partial charge in [-0.05, 0) is 43.3 Å². The predicted octanol–water partition coefficient (Wildman–Crippen LogP) is 4.28. The summed E-state index contributed by atoms with van der Waals surface area (Å²) in [7, 11) is -2.23. The summed E-state index contributed by atoms with van der Waals surface area (Å²) >= 11 is 0. The van der Waals surface area contributed by atoms with Gasteiger partial charge in [-0.15, -0.1) is 0 Å². The van der Waals surface area contributed by atoms with Crippen LogP contribution < -0.4 is 9.47 Å². The van der Waals surface area contributed by atoms with Gasteiger partial charge in [0.1, 0.15) is 18.1 Å². The van der Waals surface area contributed by atoms with Gasteiger partial charge in [-0.3, -0.25) is 0 Å². The Morgan fingerprint density at radius 1 is 1.00 bits per heavy atom. The average Bonchev–Trinajstić information content (AvgIpc) is 3.43. The fourth-order valence-corrected chi connectivity index (χ4v) is 4.14. The lowest BCUT2D eigenvalue weighted by molar-refractivity contribution is 0.279. The van der Waals surface area contributed by atoms with Gasteiger partial charge in [0.25, 0.3) is 10.0 Å². The fraction of sp³-hybridized carbons (Fsp3) is 0.136. The molecule has 154 valence electrons. The quantitative estimate of drug-likeness (QED) is 0.440. The third kappa shape index (κ3) is 3.81. The molecule has 0 fully saturated rings. The van der Waals surface area contributed by atoms with Crippen molar-refractivity contribution >= 4 is 10.0 Å². The van der Waals surface area contributed by atoms with E-state index in [-0.39, 0.29) is 11.5 Å². The van der Waals surface area contributed by atoms with Gasteiger partial charge in [0, 0.05) is 24.0 Å². The second kappa shape index (κ2) is 8.08. The van der Waals surface area contributed by atoms with Crippen molar-refractivity contribution in [2.24, 2.45) is 0 Å². The van der Waals surface area contributed by atoms with E-state index < -0.39 is 10.0 Å². The third-order valence-corrected chi connectivity index (χ3v) is 6.21. The van der Waals surface area contributed by atoms with Gasteiger partial charge in [0.2, 0.25) is 5.89 Å². The second-order valence-electron chi connectivity index (χ2n) is 6.51. The molecule has 4 aromatic rings. The number of hydrogen-bond acceptors (Lipinski definition) is 6. The van der Waals surface area contributed by atoms with Crippen LogP contribution in [0.25, 0.3) is 11.5 Å². The van der Waals surface area contributed by atoms with Crippen LogP contribution in [0.15, 0.2) is 82.4 Å². The molecule has 2 aromatic heterocycles. The fourth-order valence-electron chi connectivity index (χ4n) is 2.94. The molecule has 0 atom stereocenters. The molecule has 0 bridgehead atoms. The first-order valence-corrected chi connectivity index (χ1v) is 10.6. The van der Waals surface area contributed by atoms with Crippen LogP contribution in [0.4, 0.5) is 0 Å². The molecule has 0 saturated heterocycles. The van der Waals surface area contributed by atoms with E-state index in [0.29, 0.717) is 28.8 Å².